The maximum absolute atomic E-state index is 11.9. The van der Waals surface area contributed by atoms with Crippen molar-refractivity contribution in [2.45, 2.75) is 26.4 Å². The number of rotatable bonds is 6. The van der Waals surface area contributed by atoms with E-state index in [9.17, 15) is 4.79 Å². The quantitative estimate of drug-likeness (QED) is 0.708. The molecule has 1 heterocycles. The first-order valence-corrected chi connectivity index (χ1v) is 6.71. The lowest BCUT2D eigenvalue weighted by Gasteiger charge is -2.10. The van der Waals surface area contributed by atoms with Crippen molar-refractivity contribution in [1.29, 1.82) is 0 Å². The monoisotopic (exact) mass is 272 g/mol. The lowest BCUT2D eigenvalue weighted by molar-refractivity contribution is 0.0950. The van der Waals surface area contributed by atoms with Crippen molar-refractivity contribution in [2.75, 3.05) is 30.8 Å². The molecule has 6 nitrogen and oxygen atoms in total. The van der Waals surface area contributed by atoms with Gasteiger partial charge in [0.15, 0.2) is 5.13 Å². The van der Waals surface area contributed by atoms with Crippen LogP contribution in [0, 0.1) is 0 Å². The molecule has 1 amide bonds. The van der Waals surface area contributed by atoms with Crippen LogP contribution in [0.3, 0.4) is 0 Å². The summed E-state index contributed by atoms with van der Waals surface area (Å²) in [5.41, 5.74) is 5.73. The fourth-order valence-corrected chi connectivity index (χ4v) is 2.18. The molecule has 1 aromatic heterocycles. The number of aromatic nitrogens is 1. The van der Waals surface area contributed by atoms with Crippen molar-refractivity contribution >= 4 is 28.2 Å². The zero-order chi connectivity index (χ0) is 13.7. The molecule has 0 saturated carbocycles. The molecule has 0 saturated heterocycles. The number of aliphatic hydroxyl groups excluding tert-OH is 1. The van der Waals surface area contributed by atoms with Gasteiger partial charge in [-0.1, -0.05) is 11.3 Å². The second-order valence-corrected chi connectivity index (χ2v) is 5.10. The molecule has 1 atom stereocenters. The van der Waals surface area contributed by atoms with Gasteiger partial charge >= 0.3 is 0 Å². The summed E-state index contributed by atoms with van der Waals surface area (Å²) in [5, 5.41) is 12.6. The van der Waals surface area contributed by atoms with Crippen LogP contribution >= 0.6 is 11.3 Å². The Kier molecular flexibility index (Phi) is 5.36. The molecule has 7 heteroatoms. The molecule has 0 radical (unpaired) electrons. The molecule has 1 aromatic rings. The number of carbonyl (C=O) groups is 1. The van der Waals surface area contributed by atoms with Crippen molar-refractivity contribution in [2.24, 2.45) is 0 Å². The van der Waals surface area contributed by atoms with Crippen molar-refractivity contribution in [3.63, 3.8) is 0 Å². The Hall–Kier alpha value is -1.34. The predicted octanol–water partition coefficient (Wildman–Crippen LogP) is 0.682. The zero-order valence-corrected chi connectivity index (χ0v) is 11.8. The van der Waals surface area contributed by atoms with Gasteiger partial charge in [-0.2, -0.15) is 0 Å². The van der Waals surface area contributed by atoms with Gasteiger partial charge in [0.25, 0.3) is 5.91 Å². The van der Waals surface area contributed by atoms with E-state index in [2.05, 4.69) is 10.3 Å². The van der Waals surface area contributed by atoms with Gasteiger partial charge in [0.05, 0.1) is 6.10 Å². The van der Waals surface area contributed by atoms with E-state index >= 15 is 0 Å². The molecule has 0 aliphatic rings. The summed E-state index contributed by atoms with van der Waals surface area (Å²) in [4.78, 5) is 18.4. The lowest BCUT2D eigenvalue weighted by Crippen LogP contribution is -2.26. The highest BCUT2D eigenvalue weighted by Crippen LogP contribution is 2.27. The molecule has 1 rings (SSSR count). The van der Waals surface area contributed by atoms with Gasteiger partial charge < -0.3 is 21.1 Å². The minimum absolute atomic E-state index is 0.235. The van der Waals surface area contributed by atoms with Crippen molar-refractivity contribution in [3.05, 3.63) is 4.88 Å². The highest BCUT2D eigenvalue weighted by molar-refractivity contribution is 7.18. The molecule has 0 aliphatic heterocycles. The number of thiazole rings is 1. The van der Waals surface area contributed by atoms with Gasteiger partial charge in [-0.15, -0.1) is 0 Å². The molecule has 0 aliphatic carbocycles. The number of nitrogen functional groups attached to an aromatic ring is 1. The molecule has 4 N–H and O–H groups in total. The highest BCUT2D eigenvalue weighted by atomic mass is 32.1. The Bertz CT molecular complexity index is 406. The second kappa shape index (κ2) is 6.55. The Morgan fingerprint density at radius 1 is 1.67 bits per heavy atom. The summed E-state index contributed by atoms with van der Waals surface area (Å²) in [5.74, 6) is 0.0197. The minimum Gasteiger partial charge on any atom is -0.393 e. The van der Waals surface area contributed by atoms with Crippen LogP contribution in [-0.2, 0) is 0 Å². The number of hydrogen-bond donors (Lipinski definition) is 3. The maximum Gasteiger partial charge on any atom is 0.265 e. The van der Waals surface area contributed by atoms with Crippen LogP contribution in [-0.4, -0.2) is 42.2 Å². The number of nitrogens with two attached hydrogens (primary N) is 1. The molecule has 0 aromatic carbocycles. The molecular formula is C11H20N4O2S. The summed E-state index contributed by atoms with van der Waals surface area (Å²) in [6.07, 6.45) is 0.0949. The topological polar surface area (TPSA) is 91.5 Å². The fraction of sp³-hybridized carbons (Fsp3) is 0.636. The van der Waals surface area contributed by atoms with Gasteiger partial charge in [-0.05, 0) is 20.3 Å². The van der Waals surface area contributed by atoms with Gasteiger partial charge in [-0.3, -0.25) is 4.79 Å². The first-order chi connectivity index (χ1) is 8.45. The minimum atomic E-state index is -0.425. The first kappa shape index (κ1) is 14.7. The molecule has 0 bridgehead atoms. The molecule has 102 valence electrons. The number of nitrogens with one attached hydrogen (secondary N) is 1. The second-order valence-electron chi connectivity index (χ2n) is 4.12. The van der Waals surface area contributed by atoms with Gasteiger partial charge in [0, 0.05) is 20.1 Å². The Morgan fingerprint density at radius 2 is 2.33 bits per heavy atom. The third-order valence-corrected chi connectivity index (χ3v) is 3.68. The summed E-state index contributed by atoms with van der Waals surface area (Å²) < 4.78 is 0. The van der Waals surface area contributed by atoms with Crippen LogP contribution in [0.5, 0.6) is 0 Å². The third kappa shape index (κ3) is 3.85. The van der Waals surface area contributed by atoms with Crippen molar-refractivity contribution in [1.82, 2.24) is 10.3 Å². The molecular weight excluding hydrogens is 252 g/mol. The van der Waals surface area contributed by atoms with Crippen molar-refractivity contribution < 1.29 is 9.90 Å². The van der Waals surface area contributed by atoms with E-state index in [0.717, 1.165) is 11.7 Å². The number of hydrogen-bond acceptors (Lipinski definition) is 6. The van der Waals surface area contributed by atoms with E-state index in [1.54, 1.807) is 6.92 Å². The average molecular weight is 272 g/mol. The van der Waals surface area contributed by atoms with E-state index in [-0.39, 0.29) is 11.7 Å². The number of carbonyl (C=O) groups excluding carboxylic acids is 1. The summed E-state index contributed by atoms with van der Waals surface area (Å²) in [6.45, 7) is 4.91. The van der Waals surface area contributed by atoms with Crippen molar-refractivity contribution in [3.8, 4) is 0 Å². The predicted molar refractivity (Wildman–Crippen MR) is 74.1 cm³/mol. The van der Waals surface area contributed by atoms with Crippen LogP contribution in [0.15, 0.2) is 0 Å². The summed E-state index contributed by atoms with van der Waals surface area (Å²) in [6, 6.07) is 0. The van der Waals surface area contributed by atoms with E-state index < -0.39 is 6.10 Å². The Balaban J connectivity index is 2.65. The third-order valence-electron chi connectivity index (χ3n) is 2.50. The van der Waals surface area contributed by atoms with Crippen LogP contribution in [0.1, 0.15) is 29.9 Å². The van der Waals surface area contributed by atoms with Gasteiger partial charge in [-0.25, -0.2) is 4.98 Å². The SMILES string of the molecule is CCN(C)c1nc(N)c(C(=O)NCCC(C)O)s1. The average Bonchev–Trinajstić information content (AvgIpc) is 2.69. The maximum atomic E-state index is 11.9. The molecule has 0 spiro atoms. The molecule has 18 heavy (non-hydrogen) atoms. The number of amides is 1. The smallest absolute Gasteiger partial charge is 0.265 e. The van der Waals surface area contributed by atoms with E-state index in [1.165, 1.54) is 11.3 Å². The Morgan fingerprint density at radius 3 is 2.89 bits per heavy atom. The Labute approximate surface area is 111 Å². The largest absolute Gasteiger partial charge is 0.393 e. The summed E-state index contributed by atoms with van der Waals surface area (Å²) >= 11 is 1.27. The number of aliphatic hydroxyl groups is 1. The van der Waals surface area contributed by atoms with Crippen LogP contribution in [0.2, 0.25) is 0 Å². The molecule has 1 unspecified atom stereocenters. The fourth-order valence-electron chi connectivity index (χ4n) is 1.26. The van der Waals surface area contributed by atoms with Crippen LogP contribution in [0.25, 0.3) is 0 Å². The van der Waals surface area contributed by atoms with Crippen LogP contribution < -0.4 is 16.0 Å². The highest BCUT2D eigenvalue weighted by Gasteiger charge is 2.17. The standard InChI is InChI=1S/C11H20N4O2S/c1-4-15(3)11-14-9(12)8(18-11)10(17)13-6-5-7(2)16/h7,16H,4-6,12H2,1-3H3,(H,13,17). The zero-order valence-electron chi connectivity index (χ0n) is 10.9. The van der Waals surface area contributed by atoms with Gasteiger partial charge in [0.1, 0.15) is 10.7 Å². The first-order valence-electron chi connectivity index (χ1n) is 5.89. The van der Waals surface area contributed by atoms with E-state index in [4.69, 9.17) is 10.8 Å². The molecule has 0 fully saturated rings. The summed E-state index contributed by atoms with van der Waals surface area (Å²) in [7, 11) is 1.90. The normalized spacial score (nSPS) is 12.2. The van der Waals surface area contributed by atoms with Gasteiger partial charge in [0.2, 0.25) is 0 Å². The number of nitrogens with zero attached hydrogens (tertiary/aromatic N) is 2. The van der Waals surface area contributed by atoms with E-state index in [0.29, 0.717) is 17.8 Å². The van der Waals surface area contributed by atoms with Crippen LogP contribution in [0.4, 0.5) is 10.9 Å². The lowest BCUT2D eigenvalue weighted by atomic mass is 10.3. The van der Waals surface area contributed by atoms with E-state index in [1.807, 2.05) is 18.9 Å². The number of anilines is 2.